The fraction of sp³-hybridized carbons (Fsp3) is 0.118. The van der Waals surface area contributed by atoms with Gasteiger partial charge >= 0.3 is 5.97 Å². The number of rotatable bonds is 3. The fourth-order valence-corrected chi connectivity index (χ4v) is 2.51. The molecule has 0 atom stereocenters. The van der Waals surface area contributed by atoms with E-state index in [4.69, 9.17) is 0 Å². The molecule has 0 aliphatic rings. The first-order valence-electron chi connectivity index (χ1n) is 6.88. The van der Waals surface area contributed by atoms with E-state index in [1.54, 1.807) is 18.5 Å². The van der Waals surface area contributed by atoms with Crippen molar-refractivity contribution >= 4 is 5.97 Å². The Labute approximate surface area is 127 Å². The van der Waals surface area contributed by atoms with E-state index in [9.17, 15) is 9.90 Å². The van der Waals surface area contributed by atoms with Crippen LogP contribution < -0.4 is 0 Å². The number of hydrogen-bond donors (Lipinski definition) is 1. The average molecular weight is 293 g/mol. The first kappa shape index (κ1) is 14.0. The summed E-state index contributed by atoms with van der Waals surface area (Å²) in [6.07, 6.45) is 3.32. The highest BCUT2D eigenvalue weighted by Crippen LogP contribution is 2.24. The van der Waals surface area contributed by atoms with Crippen molar-refractivity contribution in [2.75, 3.05) is 0 Å². The number of benzene rings is 1. The fourth-order valence-electron chi connectivity index (χ4n) is 2.51. The Morgan fingerprint density at radius 3 is 2.32 bits per heavy atom. The predicted molar refractivity (Wildman–Crippen MR) is 83.2 cm³/mol. The van der Waals surface area contributed by atoms with Gasteiger partial charge in [0.15, 0.2) is 5.69 Å². The molecule has 3 aromatic rings. The van der Waals surface area contributed by atoms with Gasteiger partial charge in [-0.05, 0) is 43.2 Å². The van der Waals surface area contributed by atoms with Crippen LogP contribution >= 0.6 is 0 Å². The van der Waals surface area contributed by atoms with Crippen LogP contribution in [-0.2, 0) is 0 Å². The zero-order chi connectivity index (χ0) is 15.7. The van der Waals surface area contributed by atoms with Crippen LogP contribution in [0.4, 0.5) is 0 Å². The van der Waals surface area contributed by atoms with Gasteiger partial charge in [0, 0.05) is 18.0 Å². The van der Waals surface area contributed by atoms with Gasteiger partial charge in [-0.3, -0.25) is 4.98 Å². The summed E-state index contributed by atoms with van der Waals surface area (Å²) in [5.74, 6) is -1.00. The summed E-state index contributed by atoms with van der Waals surface area (Å²) < 4.78 is 1.50. The second-order valence-electron chi connectivity index (χ2n) is 5.11. The lowest BCUT2D eigenvalue weighted by atomic mass is 10.1. The highest BCUT2D eigenvalue weighted by atomic mass is 16.4. The Bertz CT molecular complexity index is 818. The number of aromatic nitrogens is 3. The molecule has 0 saturated carbocycles. The molecule has 0 bridgehead atoms. The van der Waals surface area contributed by atoms with Gasteiger partial charge in [-0.1, -0.05) is 18.2 Å². The number of pyridine rings is 1. The standard InChI is InChI=1S/C17H15N3O2/c1-11-4-3-5-12(2)16(11)20-15(17(21)22)10-14(19-20)13-6-8-18-9-7-13/h3-10H,1-2H3,(H,21,22). The molecule has 5 nitrogen and oxygen atoms in total. The van der Waals surface area contributed by atoms with Crippen molar-refractivity contribution in [3.63, 3.8) is 0 Å². The van der Waals surface area contributed by atoms with Crippen LogP contribution in [0.1, 0.15) is 21.6 Å². The van der Waals surface area contributed by atoms with Crippen molar-refractivity contribution in [3.05, 3.63) is 65.6 Å². The maximum Gasteiger partial charge on any atom is 0.354 e. The third kappa shape index (κ3) is 2.37. The summed E-state index contributed by atoms with van der Waals surface area (Å²) in [6, 6.07) is 11.0. The molecule has 22 heavy (non-hydrogen) atoms. The zero-order valence-electron chi connectivity index (χ0n) is 12.3. The summed E-state index contributed by atoms with van der Waals surface area (Å²) in [6.45, 7) is 3.89. The van der Waals surface area contributed by atoms with Gasteiger partial charge in [0.25, 0.3) is 0 Å². The molecule has 0 saturated heterocycles. The van der Waals surface area contributed by atoms with Crippen molar-refractivity contribution in [1.29, 1.82) is 0 Å². The van der Waals surface area contributed by atoms with Gasteiger partial charge in [-0.2, -0.15) is 5.10 Å². The van der Waals surface area contributed by atoms with Crippen molar-refractivity contribution < 1.29 is 9.90 Å². The van der Waals surface area contributed by atoms with Crippen LogP contribution in [-0.4, -0.2) is 25.8 Å². The number of aromatic carboxylic acids is 1. The number of aryl methyl sites for hydroxylation is 2. The van der Waals surface area contributed by atoms with E-state index in [2.05, 4.69) is 10.1 Å². The second-order valence-corrected chi connectivity index (χ2v) is 5.11. The summed E-state index contributed by atoms with van der Waals surface area (Å²) in [7, 11) is 0. The summed E-state index contributed by atoms with van der Waals surface area (Å²) >= 11 is 0. The van der Waals surface area contributed by atoms with E-state index in [0.29, 0.717) is 5.69 Å². The monoisotopic (exact) mass is 293 g/mol. The number of carbonyl (C=O) groups is 1. The van der Waals surface area contributed by atoms with Gasteiger partial charge in [-0.15, -0.1) is 0 Å². The van der Waals surface area contributed by atoms with Crippen molar-refractivity contribution in [2.45, 2.75) is 13.8 Å². The molecule has 0 radical (unpaired) electrons. The molecule has 0 fully saturated rings. The van der Waals surface area contributed by atoms with Crippen LogP contribution in [0, 0.1) is 13.8 Å². The van der Waals surface area contributed by atoms with Crippen molar-refractivity contribution in [2.24, 2.45) is 0 Å². The molecule has 0 unspecified atom stereocenters. The molecule has 2 heterocycles. The minimum atomic E-state index is -1.00. The maximum absolute atomic E-state index is 11.6. The number of carboxylic acid groups (broad SMARTS) is 1. The predicted octanol–water partition coefficient (Wildman–Crippen LogP) is 3.25. The summed E-state index contributed by atoms with van der Waals surface area (Å²) in [5, 5.41) is 14.0. The first-order valence-corrected chi connectivity index (χ1v) is 6.88. The van der Waals surface area contributed by atoms with Gasteiger partial charge in [0.2, 0.25) is 0 Å². The molecule has 0 amide bonds. The Morgan fingerprint density at radius 1 is 1.09 bits per heavy atom. The molecule has 3 rings (SSSR count). The molecule has 0 spiro atoms. The van der Waals surface area contributed by atoms with Crippen LogP contribution in [0.25, 0.3) is 16.9 Å². The molecule has 1 N–H and O–H groups in total. The molecule has 2 aromatic heterocycles. The zero-order valence-corrected chi connectivity index (χ0v) is 12.3. The Hall–Kier alpha value is -2.95. The van der Waals surface area contributed by atoms with E-state index in [-0.39, 0.29) is 5.69 Å². The SMILES string of the molecule is Cc1cccc(C)c1-n1nc(-c2ccncc2)cc1C(=O)O. The minimum absolute atomic E-state index is 0.143. The molecular formula is C17H15N3O2. The lowest BCUT2D eigenvalue weighted by Gasteiger charge is -2.11. The van der Waals surface area contributed by atoms with Crippen LogP contribution in [0.5, 0.6) is 0 Å². The lowest BCUT2D eigenvalue weighted by Crippen LogP contribution is -2.10. The first-order chi connectivity index (χ1) is 10.6. The van der Waals surface area contributed by atoms with Gasteiger partial charge in [-0.25, -0.2) is 9.48 Å². The average Bonchev–Trinajstić information content (AvgIpc) is 2.93. The van der Waals surface area contributed by atoms with Crippen LogP contribution in [0.2, 0.25) is 0 Å². The van der Waals surface area contributed by atoms with Crippen LogP contribution in [0.3, 0.4) is 0 Å². The summed E-state index contributed by atoms with van der Waals surface area (Å²) in [5.41, 5.74) is 4.35. The topological polar surface area (TPSA) is 68.0 Å². The van der Waals surface area contributed by atoms with E-state index >= 15 is 0 Å². The molecule has 1 aromatic carbocycles. The van der Waals surface area contributed by atoms with E-state index in [0.717, 1.165) is 22.4 Å². The number of carboxylic acids is 1. The third-order valence-corrected chi connectivity index (χ3v) is 3.56. The maximum atomic E-state index is 11.6. The van der Waals surface area contributed by atoms with E-state index in [1.165, 1.54) is 4.68 Å². The van der Waals surface area contributed by atoms with Gasteiger partial charge in [0.1, 0.15) is 0 Å². The Balaban J connectivity index is 2.24. The number of para-hydroxylation sites is 1. The largest absolute Gasteiger partial charge is 0.477 e. The molecule has 0 aliphatic heterocycles. The Morgan fingerprint density at radius 2 is 1.73 bits per heavy atom. The van der Waals surface area contributed by atoms with E-state index in [1.807, 2.05) is 44.2 Å². The Kier molecular flexibility index (Phi) is 3.47. The minimum Gasteiger partial charge on any atom is -0.477 e. The molecule has 0 aliphatic carbocycles. The molecule has 110 valence electrons. The second kappa shape index (κ2) is 5.44. The van der Waals surface area contributed by atoms with Crippen molar-refractivity contribution in [1.82, 2.24) is 14.8 Å². The summed E-state index contributed by atoms with van der Waals surface area (Å²) in [4.78, 5) is 15.6. The normalized spacial score (nSPS) is 10.6. The van der Waals surface area contributed by atoms with E-state index < -0.39 is 5.97 Å². The smallest absolute Gasteiger partial charge is 0.354 e. The third-order valence-electron chi connectivity index (χ3n) is 3.56. The number of nitrogens with zero attached hydrogens (tertiary/aromatic N) is 3. The van der Waals surface area contributed by atoms with Gasteiger partial charge < -0.3 is 5.11 Å². The molecular weight excluding hydrogens is 278 g/mol. The molecule has 5 heteroatoms. The van der Waals surface area contributed by atoms with Crippen molar-refractivity contribution in [3.8, 4) is 16.9 Å². The lowest BCUT2D eigenvalue weighted by molar-refractivity contribution is 0.0687. The van der Waals surface area contributed by atoms with Gasteiger partial charge in [0.05, 0.1) is 11.4 Å². The number of hydrogen-bond acceptors (Lipinski definition) is 3. The quantitative estimate of drug-likeness (QED) is 0.805. The van der Waals surface area contributed by atoms with Crippen LogP contribution in [0.15, 0.2) is 48.8 Å². The highest BCUT2D eigenvalue weighted by Gasteiger charge is 2.18. The highest BCUT2D eigenvalue weighted by molar-refractivity contribution is 5.88.